The second-order valence-corrected chi connectivity index (χ2v) is 16.3. The lowest BCUT2D eigenvalue weighted by Gasteiger charge is -2.27. The number of rotatable bonds is 8. The SMILES string of the molecule is c1ccc(-c2ccc(N(c3ccc(-c4ccc5cccc(-c6ccccc6)c5c4)cc3)c3cccc4c3sc3c(-c5ccccc5)cccc34)cc2-c2ccccc2)cc1. The monoisotopic (exact) mass is 781 g/mol. The van der Waals surface area contributed by atoms with Gasteiger partial charge in [-0.05, 0) is 103 Å². The number of thiophene rings is 1. The quantitative estimate of drug-likeness (QED) is 0.148. The maximum absolute atomic E-state index is 2.46. The second-order valence-electron chi connectivity index (χ2n) is 15.3. The van der Waals surface area contributed by atoms with E-state index in [2.05, 4.69) is 241 Å². The summed E-state index contributed by atoms with van der Waals surface area (Å²) in [6.07, 6.45) is 0. The first kappa shape index (κ1) is 35.6. The van der Waals surface area contributed by atoms with Crippen molar-refractivity contribution in [2.75, 3.05) is 4.90 Å². The summed E-state index contributed by atoms with van der Waals surface area (Å²) in [5.74, 6) is 0. The van der Waals surface area contributed by atoms with E-state index in [-0.39, 0.29) is 0 Å². The molecule has 0 bridgehead atoms. The molecule has 0 aliphatic rings. The maximum atomic E-state index is 2.46. The Hall–Kier alpha value is -7.52. The molecule has 0 aliphatic carbocycles. The van der Waals surface area contributed by atoms with Crippen molar-refractivity contribution in [3.63, 3.8) is 0 Å². The topological polar surface area (TPSA) is 3.24 Å². The van der Waals surface area contributed by atoms with Crippen LogP contribution in [0.4, 0.5) is 17.1 Å². The summed E-state index contributed by atoms with van der Waals surface area (Å²) in [5, 5.41) is 5.04. The fraction of sp³-hybridized carbons (Fsp3) is 0. The molecule has 0 fully saturated rings. The molecule has 0 aliphatic heterocycles. The highest BCUT2D eigenvalue weighted by Crippen LogP contribution is 2.48. The highest BCUT2D eigenvalue weighted by molar-refractivity contribution is 7.27. The van der Waals surface area contributed by atoms with Gasteiger partial charge < -0.3 is 4.90 Å². The van der Waals surface area contributed by atoms with E-state index in [1.807, 2.05) is 11.3 Å². The van der Waals surface area contributed by atoms with Crippen LogP contribution < -0.4 is 4.90 Å². The van der Waals surface area contributed by atoms with Crippen molar-refractivity contribution >= 4 is 59.3 Å². The van der Waals surface area contributed by atoms with Gasteiger partial charge in [0.1, 0.15) is 0 Å². The van der Waals surface area contributed by atoms with Crippen LogP contribution in [0, 0.1) is 0 Å². The average molecular weight is 782 g/mol. The standard InChI is InChI=1S/C58H39NS/c1-5-16-41(17-6-1)49-25-13-24-45-30-31-46(38-54(45)49)40-32-34-47(35-33-40)59(48-36-37-50(42-18-7-2-8-19-42)55(39-48)44-22-11-4-12-23-44)56-29-15-28-53-52-27-14-26-51(57(52)60-58(53)56)43-20-9-3-10-21-43/h1-39H. The van der Waals surface area contributed by atoms with E-state index >= 15 is 0 Å². The Bertz CT molecular complexity index is 3280. The van der Waals surface area contributed by atoms with Crippen molar-refractivity contribution in [2.45, 2.75) is 0 Å². The molecule has 11 aromatic rings. The lowest BCUT2D eigenvalue weighted by atomic mass is 9.93. The molecule has 0 spiro atoms. The molecule has 0 saturated heterocycles. The van der Waals surface area contributed by atoms with Crippen molar-refractivity contribution < 1.29 is 0 Å². The number of hydrogen-bond acceptors (Lipinski definition) is 2. The fourth-order valence-electron chi connectivity index (χ4n) is 8.78. The molecule has 1 aromatic heterocycles. The van der Waals surface area contributed by atoms with Crippen molar-refractivity contribution in [3.05, 3.63) is 237 Å². The summed E-state index contributed by atoms with van der Waals surface area (Å²) in [6.45, 7) is 0. The predicted octanol–water partition coefficient (Wildman–Crippen LogP) is 17.0. The Morgan fingerprint density at radius 3 is 1.45 bits per heavy atom. The summed E-state index contributed by atoms with van der Waals surface area (Å²) in [5.41, 5.74) is 15.5. The van der Waals surface area contributed by atoms with E-state index in [1.54, 1.807) is 0 Å². The average Bonchev–Trinajstić information content (AvgIpc) is 3.72. The van der Waals surface area contributed by atoms with Gasteiger partial charge in [-0.1, -0.05) is 200 Å². The highest BCUT2D eigenvalue weighted by Gasteiger charge is 2.21. The Labute approximate surface area is 354 Å². The lowest BCUT2D eigenvalue weighted by Crippen LogP contribution is -2.10. The van der Waals surface area contributed by atoms with Crippen LogP contribution in [0.3, 0.4) is 0 Å². The Balaban J connectivity index is 1.10. The minimum absolute atomic E-state index is 1.10. The van der Waals surface area contributed by atoms with Crippen LogP contribution in [-0.4, -0.2) is 0 Å². The van der Waals surface area contributed by atoms with Gasteiger partial charge in [-0.25, -0.2) is 0 Å². The fourth-order valence-corrected chi connectivity index (χ4v) is 10.1. The molecular formula is C58H39NS. The van der Waals surface area contributed by atoms with Gasteiger partial charge in [-0.3, -0.25) is 0 Å². The minimum Gasteiger partial charge on any atom is -0.309 e. The third-order valence-electron chi connectivity index (χ3n) is 11.7. The summed E-state index contributed by atoms with van der Waals surface area (Å²) >= 11 is 1.89. The number of fused-ring (bicyclic) bond motifs is 4. The van der Waals surface area contributed by atoms with E-state index in [4.69, 9.17) is 0 Å². The van der Waals surface area contributed by atoms with E-state index < -0.39 is 0 Å². The molecule has 0 amide bonds. The molecule has 11 rings (SSSR count). The Morgan fingerprint density at radius 1 is 0.267 bits per heavy atom. The van der Waals surface area contributed by atoms with Gasteiger partial charge in [0.25, 0.3) is 0 Å². The Kier molecular flexibility index (Phi) is 9.11. The summed E-state index contributed by atoms with van der Waals surface area (Å²) in [6, 6.07) is 86.0. The van der Waals surface area contributed by atoms with Crippen LogP contribution in [0.1, 0.15) is 0 Å². The van der Waals surface area contributed by atoms with Gasteiger partial charge >= 0.3 is 0 Å². The molecule has 282 valence electrons. The predicted molar refractivity (Wildman–Crippen MR) is 259 cm³/mol. The Morgan fingerprint density at radius 2 is 0.783 bits per heavy atom. The third kappa shape index (κ3) is 6.44. The molecule has 0 saturated carbocycles. The van der Waals surface area contributed by atoms with Gasteiger partial charge in [-0.15, -0.1) is 11.3 Å². The van der Waals surface area contributed by atoms with Crippen LogP contribution in [0.15, 0.2) is 237 Å². The molecule has 0 atom stereocenters. The lowest BCUT2D eigenvalue weighted by molar-refractivity contribution is 1.30. The molecule has 2 heteroatoms. The number of hydrogen-bond donors (Lipinski definition) is 0. The number of anilines is 3. The second kappa shape index (κ2) is 15.3. The van der Waals surface area contributed by atoms with Crippen molar-refractivity contribution in [1.82, 2.24) is 0 Å². The number of benzene rings is 10. The van der Waals surface area contributed by atoms with E-state index in [0.29, 0.717) is 0 Å². The highest BCUT2D eigenvalue weighted by atomic mass is 32.1. The van der Waals surface area contributed by atoms with Crippen LogP contribution >= 0.6 is 11.3 Å². The van der Waals surface area contributed by atoms with Gasteiger partial charge in [0, 0.05) is 26.8 Å². The molecular weight excluding hydrogens is 743 g/mol. The van der Waals surface area contributed by atoms with Crippen molar-refractivity contribution in [2.24, 2.45) is 0 Å². The van der Waals surface area contributed by atoms with Crippen LogP contribution in [0.25, 0.3) is 86.6 Å². The molecule has 1 nitrogen and oxygen atoms in total. The first-order valence-electron chi connectivity index (χ1n) is 20.5. The maximum Gasteiger partial charge on any atom is 0.0640 e. The molecule has 0 radical (unpaired) electrons. The molecule has 0 unspecified atom stereocenters. The molecule has 10 aromatic carbocycles. The summed E-state index contributed by atoms with van der Waals surface area (Å²) in [4.78, 5) is 2.46. The third-order valence-corrected chi connectivity index (χ3v) is 13.0. The van der Waals surface area contributed by atoms with Gasteiger partial charge in [0.2, 0.25) is 0 Å². The van der Waals surface area contributed by atoms with Crippen molar-refractivity contribution in [3.8, 4) is 55.6 Å². The van der Waals surface area contributed by atoms with Crippen LogP contribution in [-0.2, 0) is 0 Å². The zero-order valence-corrected chi connectivity index (χ0v) is 33.7. The van der Waals surface area contributed by atoms with Crippen LogP contribution in [0.5, 0.6) is 0 Å². The summed E-state index contributed by atoms with van der Waals surface area (Å²) in [7, 11) is 0. The summed E-state index contributed by atoms with van der Waals surface area (Å²) < 4.78 is 2.56. The van der Waals surface area contributed by atoms with Gasteiger partial charge in [-0.2, -0.15) is 0 Å². The zero-order valence-electron chi connectivity index (χ0n) is 32.9. The van der Waals surface area contributed by atoms with Crippen LogP contribution in [0.2, 0.25) is 0 Å². The molecule has 1 heterocycles. The van der Waals surface area contributed by atoms with Gasteiger partial charge in [0.05, 0.1) is 10.4 Å². The first-order valence-corrected chi connectivity index (χ1v) is 21.3. The zero-order chi connectivity index (χ0) is 39.8. The van der Waals surface area contributed by atoms with Gasteiger partial charge in [0.15, 0.2) is 0 Å². The van der Waals surface area contributed by atoms with E-state index in [0.717, 1.165) is 17.1 Å². The number of nitrogens with zero attached hydrogens (tertiary/aromatic N) is 1. The smallest absolute Gasteiger partial charge is 0.0640 e. The normalized spacial score (nSPS) is 11.3. The van der Waals surface area contributed by atoms with Crippen molar-refractivity contribution in [1.29, 1.82) is 0 Å². The van der Waals surface area contributed by atoms with E-state index in [9.17, 15) is 0 Å². The first-order chi connectivity index (χ1) is 29.8. The largest absolute Gasteiger partial charge is 0.309 e. The molecule has 0 N–H and O–H groups in total. The molecule has 60 heavy (non-hydrogen) atoms. The minimum atomic E-state index is 1.10. The van der Waals surface area contributed by atoms with E-state index in [1.165, 1.54) is 86.6 Å².